The highest BCUT2D eigenvalue weighted by Gasteiger charge is 2.30. The number of benzene rings is 2. The summed E-state index contributed by atoms with van der Waals surface area (Å²) in [5.41, 5.74) is 14.5. The minimum atomic E-state index is -0.0907. The summed E-state index contributed by atoms with van der Waals surface area (Å²) in [6, 6.07) is 16.3. The van der Waals surface area contributed by atoms with E-state index < -0.39 is 0 Å². The molecule has 0 aliphatic carbocycles. The molecule has 5 rings (SSSR count). The van der Waals surface area contributed by atoms with Gasteiger partial charge in [-0.1, -0.05) is 36.4 Å². The van der Waals surface area contributed by atoms with Gasteiger partial charge in [0.15, 0.2) is 0 Å². The van der Waals surface area contributed by atoms with Crippen molar-refractivity contribution in [2.75, 3.05) is 10.6 Å². The molecule has 2 aromatic heterocycles. The number of hydrogen-bond donors (Lipinski definition) is 1. The lowest BCUT2D eigenvalue weighted by atomic mass is 10.0. The molecule has 0 saturated carbocycles. The number of carbonyl (C=O) groups excluding carboxylic acids is 1. The highest BCUT2D eigenvalue weighted by molar-refractivity contribution is 7.21. The van der Waals surface area contributed by atoms with Crippen molar-refractivity contribution < 1.29 is 4.79 Å². The summed E-state index contributed by atoms with van der Waals surface area (Å²) in [6.45, 7) is 6.11. The number of para-hydroxylation sites is 2. The van der Waals surface area contributed by atoms with Crippen molar-refractivity contribution in [1.29, 1.82) is 0 Å². The van der Waals surface area contributed by atoms with Gasteiger partial charge in [-0.25, -0.2) is 4.98 Å². The number of nitrogens with two attached hydrogens (primary N) is 1. The van der Waals surface area contributed by atoms with E-state index in [4.69, 9.17) is 10.7 Å². The van der Waals surface area contributed by atoms with Gasteiger partial charge in [0.2, 0.25) is 0 Å². The topological polar surface area (TPSA) is 59.2 Å². The van der Waals surface area contributed by atoms with Crippen molar-refractivity contribution in [2.24, 2.45) is 0 Å². The third-order valence-electron chi connectivity index (χ3n) is 6.20. The van der Waals surface area contributed by atoms with Gasteiger partial charge in [0.25, 0.3) is 5.91 Å². The summed E-state index contributed by atoms with van der Waals surface area (Å²) in [7, 11) is 0. The molecular formula is C25H23N3OS. The van der Waals surface area contributed by atoms with E-state index in [-0.39, 0.29) is 5.91 Å². The lowest BCUT2D eigenvalue weighted by molar-refractivity contribution is 0.100. The Labute approximate surface area is 180 Å². The molecule has 0 bridgehead atoms. The maximum atomic E-state index is 14.0. The van der Waals surface area contributed by atoms with Gasteiger partial charge in [0.05, 0.1) is 17.1 Å². The fraction of sp³-hybridized carbons (Fsp3) is 0.200. The van der Waals surface area contributed by atoms with Gasteiger partial charge < -0.3 is 5.73 Å². The summed E-state index contributed by atoms with van der Waals surface area (Å²) in [5.74, 6) is -0.0907. The predicted octanol–water partition coefficient (Wildman–Crippen LogP) is 5.88. The third kappa shape index (κ3) is 2.73. The maximum Gasteiger partial charge on any atom is 0.275 e. The molecule has 0 atom stereocenters. The Morgan fingerprint density at radius 2 is 1.50 bits per heavy atom. The van der Waals surface area contributed by atoms with Crippen LogP contribution in [0, 0.1) is 20.8 Å². The first-order valence-electron chi connectivity index (χ1n) is 10.1. The Balaban J connectivity index is 1.75. The molecule has 4 nitrogen and oxygen atoms in total. The quantitative estimate of drug-likeness (QED) is 0.424. The van der Waals surface area contributed by atoms with Crippen LogP contribution in [-0.4, -0.2) is 10.9 Å². The smallest absolute Gasteiger partial charge is 0.275 e. The number of nitrogen functional groups attached to an aromatic ring is 1. The Morgan fingerprint density at radius 3 is 2.10 bits per heavy atom. The van der Waals surface area contributed by atoms with Crippen molar-refractivity contribution >= 4 is 44.5 Å². The highest BCUT2D eigenvalue weighted by atomic mass is 32.1. The minimum Gasteiger partial charge on any atom is -0.397 e. The second-order valence-corrected chi connectivity index (χ2v) is 8.87. The number of amides is 1. The zero-order chi connectivity index (χ0) is 21.0. The molecule has 1 aliphatic rings. The standard InChI is InChI=1S/C25H23N3OS/c1-14-15(2)21-22(26)23(30-24(21)27-16(14)3)25(29)28-19-10-6-4-8-17(19)12-13-18-9-5-7-11-20(18)28/h4-11H,12-13,26H2,1-3H3. The average molecular weight is 414 g/mol. The first-order valence-corrected chi connectivity index (χ1v) is 10.9. The van der Waals surface area contributed by atoms with Crippen LogP contribution in [0.15, 0.2) is 48.5 Å². The number of carbonyl (C=O) groups is 1. The number of thiophene rings is 1. The molecule has 1 aliphatic heterocycles. The molecule has 1 amide bonds. The second-order valence-electron chi connectivity index (χ2n) is 7.87. The van der Waals surface area contributed by atoms with E-state index in [0.717, 1.165) is 51.3 Å². The fourth-order valence-electron chi connectivity index (χ4n) is 4.33. The summed E-state index contributed by atoms with van der Waals surface area (Å²) in [6.07, 6.45) is 1.80. The number of aromatic nitrogens is 1. The van der Waals surface area contributed by atoms with Gasteiger partial charge in [-0.15, -0.1) is 11.3 Å². The van der Waals surface area contributed by atoms with Gasteiger partial charge >= 0.3 is 0 Å². The number of anilines is 3. The Bertz CT molecular complexity index is 1270. The lowest BCUT2D eigenvalue weighted by Gasteiger charge is -2.24. The number of rotatable bonds is 1. The molecule has 0 fully saturated rings. The molecule has 0 radical (unpaired) electrons. The molecule has 150 valence electrons. The van der Waals surface area contributed by atoms with E-state index in [1.54, 1.807) is 0 Å². The van der Waals surface area contributed by atoms with E-state index in [2.05, 4.69) is 26.0 Å². The minimum absolute atomic E-state index is 0.0907. The average Bonchev–Trinajstić information content (AvgIpc) is 2.98. The highest BCUT2D eigenvalue weighted by Crippen LogP contribution is 2.42. The summed E-state index contributed by atoms with van der Waals surface area (Å²) < 4.78 is 0. The van der Waals surface area contributed by atoms with Crippen LogP contribution >= 0.6 is 11.3 Å². The van der Waals surface area contributed by atoms with Crippen LogP contribution in [0.3, 0.4) is 0 Å². The Morgan fingerprint density at radius 1 is 0.933 bits per heavy atom. The van der Waals surface area contributed by atoms with Crippen LogP contribution in [0.1, 0.15) is 37.6 Å². The Kier molecular flexibility index (Phi) is 4.36. The van der Waals surface area contributed by atoms with Crippen LogP contribution < -0.4 is 10.6 Å². The van der Waals surface area contributed by atoms with Crippen LogP contribution in [0.2, 0.25) is 0 Å². The number of pyridine rings is 1. The van der Waals surface area contributed by atoms with Crippen LogP contribution in [0.4, 0.5) is 17.1 Å². The van der Waals surface area contributed by atoms with Crippen molar-refractivity contribution in [2.45, 2.75) is 33.6 Å². The molecule has 0 unspecified atom stereocenters. The summed E-state index contributed by atoms with van der Waals surface area (Å²) >= 11 is 1.39. The number of hydrogen-bond acceptors (Lipinski definition) is 4. The summed E-state index contributed by atoms with van der Waals surface area (Å²) in [4.78, 5) is 21.9. The van der Waals surface area contributed by atoms with E-state index >= 15 is 0 Å². The molecule has 0 spiro atoms. The van der Waals surface area contributed by atoms with Crippen LogP contribution in [-0.2, 0) is 12.8 Å². The molecule has 5 heteroatoms. The fourth-order valence-corrected chi connectivity index (χ4v) is 5.46. The predicted molar refractivity (Wildman–Crippen MR) is 125 cm³/mol. The molecule has 2 N–H and O–H groups in total. The number of aryl methyl sites for hydroxylation is 4. The molecule has 3 heterocycles. The van der Waals surface area contributed by atoms with E-state index in [0.29, 0.717) is 10.6 Å². The molecule has 30 heavy (non-hydrogen) atoms. The van der Waals surface area contributed by atoms with Crippen molar-refractivity contribution in [1.82, 2.24) is 4.98 Å². The first kappa shape index (κ1) is 18.8. The van der Waals surface area contributed by atoms with E-state index in [1.165, 1.54) is 22.5 Å². The largest absolute Gasteiger partial charge is 0.397 e. The van der Waals surface area contributed by atoms with Gasteiger partial charge in [-0.3, -0.25) is 9.69 Å². The molecule has 0 saturated heterocycles. The van der Waals surface area contributed by atoms with Gasteiger partial charge in [-0.2, -0.15) is 0 Å². The van der Waals surface area contributed by atoms with E-state index in [9.17, 15) is 4.79 Å². The van der Waals surface area contributed by atoms with Crippen molar-refractivity contribution in [3.05, 3.63) is 81.4 Å². The Hall–Kier alpha value is -3.18. The second kappa shape index (κ2) is 6.96. The molecular weight excluding hydrogens is 390 g/mol. The van der Waals surface area contributed by atoms with Crippen molar-refractivity contribution in [3.63, 3.8) is 0 Å². The monoisotopic (exact) mass is 413 g/mol. The normalized spacial score (nSPS) is 13.1. The lowest BCUT2D eigenvalue weighted by Crippen LogP contribution is -2.26. The van der Waals surface area contributed by atoms with Gasteiger partial charge in [-0.05, 0) is 68.0 Å². The first-order chi connectivity index (χ1) is 14.5. The maximum absolute atomic E-state index is 14.0. The zero-order valence-corrected chi connectivity index (χ0v) is 18.1. The summed E-state index contributed by atoms with van der Waals surface area (Å²) in [5, 5.41) is 0.905. The number of fused-ring (bicyclic) bond motifs is 3. The van der Waals surface area contributed by atoms with E-state index in [1.807, 2.05) is 48.2 Å². The molecule has 4 aromatic rings. The van der Waals surface area contributed by atoms with Gasteiger partial charge in [0.1, 0.15) is 9.71 Å². The van der Waals surface area contributed by atoms with Crippen LogP contribution in [0.25, 0.3) is 10.2 Å². The van der Waals surface area contributed by atoms with Crippen LogP contribution in [0.5, 0.6) is 0 Å². The van der Waals surface area contributed by atoms with Crippen molar-refractivity contribution in [3.8, 4) is 0 Å². The van der Waals surface area contributed by atoms with Gasteiger partial charge in [0, 0.05) is 11.1 Å². The SMILES string of the molecule is Cc1nc2sc(C(=O)N3c4ccccc4CCc4ccccc43)c(N)c2c(C)c1C. The number of nitrogens with zero attached hydrogens (tertiary/aromatic N) is 2. The zero-order valence-electron chi connectivity index (χ0n) is 17.3. The molecule has 2 aromatic carbocycles. The third-order valence-corrected chi connectivity index (χ3v) is 7.29.